The smallest absolute Gasteiger partial charge is 0.272 e. The van der Waals surface area contributed by atoms with Crippen LogP contribution in [0.15, 0.2) is 18.2 Å². The maximum atomic E-state index is 11.3. The van der Waals surface area contributed by atoms with E-state index < -0.39 is 14.8 Å². The lowest BCUT2D eigenvalue weighted by molar-refractivity contribution is -0.385. The van der Waals surface area contributed by atoms with E-state index >= 15 is 0 Å². The Morgan fingerprint density at radius 1 is 1.28 bits per heavy atom. The number of anilines is 1. The summed E-state index contributed by atoms with van der Waals surface area (Å²) < 4.78 is 22.6. The Balaban J connectivity index is 2.21. The summed E-state index contributed by atoms with van der Waals surface area (Å²) in [4.78, 5) is 12.2. The molecule has 0 atom stereocenters. The Kier molecular flexibility index (Phi) is 3.25. The highest BCUT2D eigenvalue weighted by Crippen LogP contribution is 2.25. The molecule has 0 radical (unpaired) electrons. The molecular weight excluding hydrogens is 256 g/mol. The van der Waals surface area contributed by atoms with Crippen molar-refractivity contribution in [2.24, 2.45) is 0 Å². The van der Waals surface area contributed by atoms with Gasteiger partial charge in [0.15, 0.2) is 9.84 Å². The minimum Gasteiger partial charge on any atom is -0.369 e. The first-order valence-electron chi connectivity index (χ1n) is 5.59. The molecule has 2 rings (SSSR count). The molecule has 0 bridgehead atoms. The molecule has 1 fully saturated rings. The Bertz CT molecular complexity index is 569. The van der Waals surface area contributed by atoms with Crippen molar-refractivity contribution in [2.75, 3.05) is 29.5 Å². The fourth-order valence-electron chi connectivity index (χ4n) is 2.01. The van der Waals surface area contributed by atoms with Crippen molar-refractivity contribution < 1.29 is 13.3 Å². The van der Waals surface area contributed by atoms with Crippen LogP contribution in [0.2, 0.25) is 0 Å². The second kappa shape index (κ2) is 4.56. The van der Waals surface area contributed by atoms with Crippen LogP contribution in [-0.2, 0) is 9.84 Å². The van der Waals surface area contributed by atoms with Gasteiger partial charge in [-0.25, -0.2) is 8.42 Å². The van der Waals surface area contributed by atoms with Crippen LogP contribution in [0.3, 0.4) is 0 Å². The third-order valence-corrected chi connectivity index (χ3v) is 4.70. The average Bonchev–Trinajstić information content (AvgIpc) is 2.28. The summed E-state index contributed by atoms with van der Waals surface area (Å²) in [6, 6.07) is 4.87. The molecule has 0 aromatic heterocycles. The summed E-state index contributed by atoms with van der Waals surface area (Å²) >= 11 is 0. The van der Waals surface area contributed by atoms with Gasteiger partial charge in [-0.05, 0) is 19.1 Å². The Labute approximate surface area is 105 Å². The topological polar surface area (TPSA) is 80.5 Å². The van der Waals surface area contributed by atoms with Gasteiger partial charge in [-0.15, -0.1) is 0 Å². The van der Waals surface area contributed by atoms with E-state index in [0.29, 0.717) is 18.7 Å². The van der Waals surface area contributed by atoms with Crippen LogP contribution in [-0.4, -0.2) is 37.9 Å². The number of nitro benzene ring substituents is 1. The maximum Gasteiger partial charge on any atom is 0.272 e. The van der Waals surface area contributed by atoms with Gasteiger partial charge in [0.25, 0.3) is 5.69 Å². The van der Waals surface area contributed by atoms with E-state index in [1.54, 1.807) is 19.1 Å². The maximum absolute atomic E-state index is 11.3. The number of aryl methyl sites for hydroxylation is 1. The average molecular weight is 270 g/mol. The van der Waals surface area contributed by atoms with Crippen molar-refractivity contribution in [3.8, 4) is 0 Å². The molecule has 1 aliphatic rings. The first-order chi connectivity index (χ1) is 8.39. The second-order valence-electron chi connectivity index (χ2n) is 4.37. The fraction of sp³-hybridized carbons (Fsp3) is 0.455. The molecule has 0 amide bonds. The molecule has 1 aromatic carbocycles. The van der Waals surface area contributed by atoms with E-state index in [2.05, 4.69) is 0 Å². The monoisotopic (exact) mass is 270 g/mol. The van der Waals surface area contributed by atoms with Crippen LogP contribution in [0, 0.1) is 17.0 Å². The molecule has 7 heteroatoms. The van der Waals surface area contributed by atoms with Crippen LogP contribution >= 0.6 is 0 Å². The summed E-state index contributed by atoms with van der Waals surface area (Å²) in [6.45, 7) is 2.57. The highest BCUT2D eigenvalue weighted by molar-refractivity contribution is 7.91. The summed E-state index contributed by atoms with van der Waals surface area (Å²) in [5.74, 6) is 0.284. The normalized spacial score (nSPS) is 18.6. The molecule has 1 heterocycles. The van der Waals surface area contributed by atoms with Crippen LogP contribution in [0.1, 0.15) is 5.56 Å². The predicted molar refractivity (Wildman–Crippen MR) is 68.7 cm³/mol. The third-order valence-electron chi connectivity index (χ3n) is 3.09. The quantitative estimate of drug-likeness (QED) is 0.594. The van der Waals surface area contributed by atoms with Crippen LogP contribution in [0.5, 0.6) is 0 Å². The molecule has 0 aliphatic carbocycles. The zero-order valence-electron chi connectivity index (χ0n) is 10.00. The number of rotatable bonds is 2. The van der Waals surface area contributed by atoms with Gasteiger partial charge < -0.3 is 4.90 Å². The summed E-state index contributed by atoms with van der Waals surface area (Å²) in [7, 11) is -2.91. The lowest BCUT2D eigenvalue weighted by atomic mass is 10.1. The first-order valence-corrected chi connectivity index (χ1v) is 7.41. The van der Waals surface area contributed by atoms with Crippen LogP contribution in [0.25, 0.3) is 0 Å². The van der Waals surface area contributed by atoms with E-state index in [4.69, 9.17) is 0 Å². The molecule has 0 unspecified atom stereocenters. The van der Waals surface area contributed by atoms with Crippen molar-refractivity contribution in [1.29, 1.82) is 0 Å². The minimum atomic E-state index is -2.91. The number of hydrogen-bond acceptors (Lipinski definition) is 5. The van der Waals surface area contributed by atoms with E-state index in [1.165, 1.54) is 6.07 Å². The van der Waals surface area contributed by atoms with Crippen molar-refractivity contribution in [1.82, 2.24) is 0 Å². The van der Waals surface area contributed by atoms with Crippen molar-refractivity contribution in [3.63, 3.8) is 0 Å². The lowest BCUT2D eigenvalue weighted by Crippen LogP contribution is -2.40. The molecule has 18 heavy (non-hydrogen) atoms. The highest BCUT2D eigenvalue weighted by Gasteiger charge is 2.22. The Morgan fingerprint density at radius 2 is 1.89 bits per heavy atom. The molecule has 1 aliphatic heterocycles. The standard InChI is InChI=1S/C11H14N2O4S/c1-9-8-10(2-3-11(9)13(14)15)12-4-6-18(16,17)7-5-12/h2-3,8H,4-7H2,1H3. The van der Waals surface area contributed by atoms with Crippen LogP contribution < -0.4 is 4.90 Å². The summed E-state index contributed by atoms with van der Waals surface area (Å²) in [6.07, 6.45) is 0. The molecule has 0 N–H and O–H groups in total. The van der Waals surface area contributed by atoms with Gasteiger partial charge in [-0.2, -0.15) is 0 Å². The van der Waals surface area contributed by atoms with Gasteiger partial charge in [0.1, 0.15) is 0 Å². The minimum absolute atomic E-state index is 0.0865. The molecule has 0 spiro atoms. The highest BCUT2D eigenvalue weighted by atomic mass is 32.2. The van der Waals surface area contributed by atoms with Gasteiger partial charge in [0.05, 0.1) is 16.4 Å². The summed E-state index contributed by atoms with van der Waals surface area (Å²) in [5.41, 5.74) is 1.52. The SMILES string of the molecule is Cc1cc(N2CCS(=O)(=O)CC2)ccc1[N+](=O)[O-]. The molecule has 1 aromatic rings. The third kappa shape index (κ3) is 2.61. The summed E-state index contributed by atoms with van der Waals surface area (Å²) in [5, 5.41) is 10.7. The molecule has 1 saturated heterocycles. The number of sulfone groups is 1. The molecule has 98 valence electrons. The zero-order chi connectivity index (χ0) is 13.3. The van der Waals surface area contributed by atoms with Gasteiger partial charge in [0.2, 0.25) is 0 Å². The van der Waals surface area contributed by atoms with E-state index in [-0.39, 0.29) is 17.2 Å². The van der Waals surface area contributed by atoms with E-state index in [1.807, 2.05) is 4.90 Å². The number of benzene rings is 1. The van der Waals surface area contributed by atoms with Gasteiger partial charge in [-0.1, -0.05) is 0 Å². The van der Waals surface area contributed by atoms with Crippen molar-refractivity contribution in [3.05, 3.63) is 33.9 Å². The Morgan fingerprint density at radius 3 is 2.39 bits per heavy atom. The fourth-order valence-corrected chi connectivity index (χ4v) is 3.21. The Hall–Kier alpha value is -1.63. The predicted octanol–water partition coefficient (Wildman–Crippen LogP) is 1.14. The van der Waals surface area contributed by atoms with Crippen molar-refractivity contribution in [2.45, 2.75) is 6.92 Å². The van der Waals surface area contributed by atoms with Crippen molar-refractivity contribution >= 4 is 21.2 Å². The van der Waals surface area contributed by atoms with E-state index in [9.17, 15) is 18.5 Å². The van der Waals surface area contributed by atoms with Crippen LogP contribution in [0.4, 0.5) is 11.4 Å². The molecule has 6 nitrogen and oxygen atoms in total. The lowest BCUT2D eigenvalue weighted by Gasteiger charge is -2.28. The number of nitrogens with zero attached hydrogens (tertiary/aromatic N) is 2. The number of hydrogen-bond donors (Lipinski definition) is 0. The molecular formula is C11H14N2O4S. The van der Waals surface area contributed by atoms with Gasteiger partial charge >= 0.3 is 0 Å². The number of nitro groups is 1. The molecule has 0 saturated carbocycles. The van der Waals surface area contributed by atoms with Gasteiger partial charge in [0, 0.05) is 30.4 Å². The first kappa shape index (κ1) is 12.8. The largest absolute Gasteiger partial charge is 0.369 e. The zero-order valence-corrected chi connectivity index (χ0v) is 10.8. The van der Waals surface area contributed by atoms with Gasteiger partial charge in [-0.3, -0.25) is 10.1 Å². The second-order valence-corrected chi connectivity index (χ2v) is 6.67. The van der Waals surface area contributed by atoms with E-state index in [0.717, 1.165) is 5.69 Å².